The number of rotatable bonds is 2. The maximum absolute atomic E-state index is 4.71. The normalized spacial score (nSPS) is 23.4. The summed E-state index contributed by atoms with van der Waals surface area (Å²) in [6.07, 6.45) is 20.7. The fourth-order valence-electron chi connectivity index (χ4n) is 4.89. The minimum atomic E-state index is 0.570. The van der Waals surface area contributed by atoms with E-state index in [1.807, 2.05) is 11.3 Å². The number of thiophene rings is 1. The summed E-state index contributed by atoms with van der Waals surface area (Å²) in [5.41, 5.74) is 1.55. The van der Waals surface area contributed by atoms with Crippen LogP contribution in [-0.4, -0.2) is 16.0 Å². The number of aromatic nitrogens is 2. The zero-order chi connectivity index (χ0) is 18.5. The highest BCUT2D eigenvalue weighted by atomic mass is 32.1. The monoisotopic (exact) mass is 385 g/mol. The van der Waals surface area contributed by atoms with Crippen molar-refractivity contribution in [3.8, 4) is 0 Å². The number of nitrogens with zero attached hydrogens (tertiary/aromatic N) is 2. The third kappa shape index (κ3) is 4.82. The fourth-order valence-corrected chi connectivity index (χ4v) is 6.24. The summed E-state index contributed by atoms with van der Waals surface area (Å²) in [6, 6.07) is 0.570. The minimum absolute atomic E-state index is 0.570. The van der Waals surface area contributed by atoms with E-state index in [1.54, 1.807) is 16.8 Å². The van der Waals surface area contributed by atoms with E-state index in [9.17, 15) is 0 Å². The second-order valence-corrected chi connectivity index (χ2v) is 9.94. The highest BCUT2D eigenvalue weighted by molar-refractivity contribution is 7.19. The molecule has 2 aromatic heterocycles. The second-order valence-electron chi connectivity index (χ2n) is 8.85. The summed E-state index contributed by atoms with van der Waals surface area (Å²) in [7, 11) is 0. The van der Waals surface area contributed by atoms with Gasteiger partial charge in [0.15, 0.2) is 0 Å². The van der Waals surface area contributed by atoms with Crippen molar-refractivity contribution >= 4 is 27.4 Å². The van der Waals surface area contributed by atoms with Gasteiger partial charge in [-0.15, -0.1) is 11.3 Å². The summed E-state index contributed by atoms with van der Waals surface area (Å²) in [5.74, 6) is 1.92. The molecule has 1 fully saturated rings. The highest BCUT2D eigenvalue weighted by Gasteiger charge is 2.23. The van der Waals surface area contributed by atoms with E-state index in [0.717, 1.165) is 11.7 Å². The molecule has 4 heteroatoms. The number of fused-ring (bicyclic) bond motifs is 3. The smallest absolute Gasteiger partial charge is 0.138 e. The van der Waals surface area contributed by atoms with Gasteiger partial charge in [-0.2, -0.15) is 0 Å². The lowest BCUT2D eigenvalue weighted by Crippen LogP contribution is -2.21. The number of hydrogen-bond acceptors (Lipinski definition) is 4. The third-order valence-electron chi connectivity index (χ3n) is 6.54. The van der Waals surface area contributed by atoms with Crippen molar-refractivity contribution in [2.75, 3.05) is 5.32 Å². The van der Waals surface area contributed by atoms with Crippen LogP contribution in [0.1, 0.15) is 94.4 Å². The van der Waals surface area contributed by atoms with Gasteiger partial charge in [0.05, 0.1) is 5.39 Å². The molecule has 148 valence electrons. The Morgan fingerprint density at radius 2 is 1.56 bits per heavy atom. The van der Waals surface area contributed by atoms with Crippen LogP contribution in [0, 0.1) is 5.92 Å². The zero-order valence-corrected chi connectivity index (χ0v) is 17.8. The average molecular weight is 386 g/mol. The van der Waals surface area contributed by atoms with Gasteiger partial charge in [0.1, 0.15) is 17.0 Å². The van der Waals surface area contributed by atoms with Crippen molar-refractivity contribution in [3.63, 3.8) is 0 Å². The number of hydrogen-bond donors (Lipinski definition) is 1. The number of aryl methyl sites for hydroxylation is 1. The van der Waals surface area contributed by atoms with Crippen LogP contribution in [-0.2, 0) is 12.8 Å². The van der Waals surface area contributed by atoms with Gasteiger partial charge in [0.2, 0.25) is 0 Å². The van der Waals surface area contributed by atoms with E-state index < -0.39 is 0 Å². The lowest BCUT2D eigenvalue weighted by atomic mass is 9.89. The standard InChI is InChI=1S/C23H35N3S/c1-17-13-14-19-20(15-17)27-23-21(19)22(24-16-25-23)26-18-11-9-7-5-3-2-4-6-8-10-12-18/h16-18H,2-15H2,1H3,(H,24,25,26)/t17-/m1/s1. The minimum Gasteiger partial charge on any atom is -0.367 e. The van der Waals surface area contributed by atoms with Crippen LogP contribution in [0.3, 0.4) is 0 Å². The first-order chi connectivity index (χ1) is 13.3. The van der Waals surface area contributed by atoms with Crippen LogP contribution in [0.25, 0.3) is 10.2 Å². The van der Waals surface area contributed by atoms with Crippen molar-refractivity contribution in [1.82, 2.24) is 9.97 Å². The van der Waals surface area contributed by atoms with Crippen LogP contribution in [0.15, 0.2) is 6.33 Å². The van der Waals surface area contributed by atoms with Gasteiger partial charge in [-0.25, -0.2) is 9.97 Å². The zero-order valence-electron chi connectivity index (χ0n) is 16.9. The molecule has 2 aliphatic rings. The van der Waals surface area contributed by atoms with Crippen LogP contribution in [0.5, 0.6) is 0 Å². The summed E-state index contributed by atoms with van der Waals surface area (Å²) in [4.78, 5) is 12.1. The molecule has 27 heavy (non-hydrogen) atoms. The summed E-state index contributed by atoms with van der Waals surface area (Å²) in [6.45, 7) is 2.38. The van der Waals surface area contributed by atoms with Crippen LogP contribution < -0.4 is 5.32 Å². The van der Waals surface area contributed by atoms with Crippen molar-refractivity contribution in [1.29, 1.82) is 0 Å². The predicted molar refractivity (Wildman–Crippen MR) is 117 cm³/mol. The van der Waals surface area contributed by atoms with Crippen molar-refractivity contribution < 1.29 is 0 Å². The molecular formula is C23H35N3S. The van der Waals surface area contributed by atoms with Crippen LogP contribution in [0.4, 0.5) is 5.82 Å². The quantitative estimate of drug-likeness (QED) is 0.611. The molecule has 0 aromatic carbocycles. The maximum Gasteiger partial charge on any atom is 0.138 e. The Hall–Kier alpha value is -1.16. The molecule has 1 saturated carbocycles. The summed E-state index contributed by atoms with van der Waals surface area (Å²) < 4.78 is 0. The Bertz CT molecular complexity index is 727. The number of anilines is 1. The van der Waals surface area contributed by atoms with Gasteiger partial charge in [-0.1, -0.05) is 64.7 Å². The molecule has 4 rings (SSSR count). The van der Waals surface area contributed by atoms with Gasteiger partial charge in [0.25, 0.3) is 0 Å². The largest absolute Gasteiger partial charge is 0.367 e. The van der Waals surface area contributed by atoms with E-state index in [4.69, 9.17) is 4.98 Å². The van der Waals surface area contributed by atoms with E-state index in [2.05, 4.69) is 17.2 Å². The Kier molecular flexibility index (Phi) is 6.64. The predicted octanol–water partition coefficient (Wildman–Crippen LogP) is 6.90. The molecule has 3 nitrogen and oxygen atoms in total. The first-order valence-corrected chi connectivity index (χ1v) is 12.1. The Balaban J connectivity index is 1.52. The summed E-state index contributed by atoms with van der Waals surface area (Å²) in [5, 5.41) is 5.22. The molecule has 0 bridgehead atoms. The van der Waals surface area contributed by atoms with E-state index in [-0.39, 0.29) is 0 Å². The molecule has 0 amide bonds. The van der Waals surface area contributed by atoms with Crippen molar-refractivity contribution in [3.05, 3.63) is 16.8 Å². The molecule has 2 aromatic rings. The Morgan fingerprint density at radius 1 is 0.889 bits per heavy atom. The Labute approximate surface area is 168 Å². The first-order valence-electron chi connectivity index (χ1n) is 11.3. The molecular weight excluding hydrogens is 350 g/mol. The lowest BCUT2D eigenvalue weighted by Gasteiger charge is -2.22. The molecule has 0 saturated heterocycles. The van der Waals surface area contributed by atoms with E-state index in [1.165, 1.54) is 100 Å². The average Bonchev–Trinajstić information content (AvgIpc) is 3.02. The molecule has 0 aliphatic heterocycles. The van der Waals surface area contributed by atoms with Gasteiger partial charge in [-0.3, -0.25) is 0 Å². The SMILES string of the molecule is C[C@@H]1CCc2c(sc3ncnc(NC4CCCCCCCCCCC4)c23)C1. The van der Waals surface area contributed by atoms with Crippen molar-refractivity contribution in [2.24, 2.45) is 5.92 Å². The maximum atomic E-state index is 4.71. The third-order valence-corrected chi connectivity index (χ3v) is 7.70. The molecule has 0 unspecified atom stereocenters. The lowest BCUT2D eigenvalue weighted by molar-refractivity contribution is 0.479. The molecule has 1 atom stereocenters. The van der Waals surface area contributed by atoms with Crippen molar-refractivity contribution in [2.45, 2.75) is 103 Å². The molecule has 0 radical (unpaired) electrons. The van der Waals surface area contributed by atoms with Gasteiger partial charge < -0.3 is 5.32 Å². The van der Waals surface area contributed by atoms with Crippen LogP contribution in [0.2, 0.25) is 0 Å². The molecule has 0 spiro atoms. The topological polar surface area (TPSA) is 37.8 Å². The molecule has 1 N–H and O–H groups in total. The second kappa shape index (κ2) is 9.36. The van der Waals surface area contributed by atoms with Gasteiger partial charge in [-0.05, 0) is 43.6 Å². The summed E-state index contributed by atoms with van der Waals surface area (Å²) >= 11 is 1.91. The Morgan fingerprint density at radius 3 is 2.26 bits per heavy atom. The fraction of sp³-hybridized carbons (Fsp3) is 0.739. The first kappa shape index (κ1) is 19.2. The van der Waals surface area contributed by atoms with E-state index >= 15 is 0 Å². The number of nitrogens with one attached hydrogen (secondary N) is 1. The van der Waals surface area contributed by atoms with Gasteiger partial charge >= 0.3 is 0 Å². The van der Waals surface area contributed by atoms with E-state index in [0.29, 0.717) is 6.04 Å². The molecule has 2 aliphatic carbocycles. The van der Waals surface area contributed by atoms with Gasteiger partial charge in [0, 0.05) is 10.9 Å². The highest BCUT2D eigenvalue weighted by Crippen LogP contribution is 2.40. The van der Waals surface area contributed by atoms with Crippen LogP contribution >= 0.6 is 11.3 Å². The molecule has 2 heterocycles.